The molecule has 0 spiro atoms. The van der Waals surface area contributed by atoms with Crippen LogP contribution in [0.2, 0.25) is 5.02 Å². The molecule has 9 heteroatoms. The number of hydrogen-bond acceptors (Lipinski definition) is 7. The van der Waals surface area contributed by atoms with Crippen molar-refractivity contribution in [1.82, 2.24) is 5.16 Å². The number of ether oxygens (including phenoxy) is 2. The number of nitrogens with zero attached hydrogens (tertiary/aromatic N) is 1. The Kier molecular flexibility index (Phi) is 6.29. The largest absolute Gasteiger partial charge is 0.487 e. The minimum absolute atomic E-state index is 0.0621. The summed E-state index contributed by atoms with van der Waals surface area (Å²) in [5.74, 6) is 0.0394. The Morgan fingerprint density at radius 2 is 2.03 bits per heavy atom. The Balaban J connectivity index is 1.58. The van der Waals surface area contributed by atoms with Crippen molar-refractivity contribution in [2.24, 2.45) is 0 Å². The van der Waals surface area contributed by atoms with Crippen LogP contribution in [0, 0.1) is 6.92 Å². The number of amides is 1. The van der Waals surface area contributed by atoms with Crippen molar-refractivity contribution in [3.63, 3.8) is 0 Å². The lowest BCUT2D eigenvalue weighted by Gasteiger charge is -2.11. The molecular formula is C22H21ClN2O5S. The molecular weight excluding hydrogens is 440 g/mol. The molecule has 4 rings (SSSR count). The Labute approximate surface area is 188 Å². The molecule has 0 unspecified atom stereocenters. The maximum Gasteiger partial charge on any atom is 0.341 e. The van der Waals surface area contributed by atoms with Crippen LogP contribution in [-0.4, -0.2) is 24.1 Å². The summed E-state index contributed by atoms with van der Waals surface area (Å²) < 4.78 is 16.0. The third-order valence-electron chi connectivity index (χ3n) is 5.20. The van der Waals surface area contributed by atoms with Gasteiger partial charge in [0.2, 0.25) is 0 Å². The average Bonchev–Trinajstić information content (AvgIpc) is 3.32. The smallest absolute Gasteiger partial charge is 0.341 e. The fourth-order valence-electron chi connectivity index (χ4n) is 3.59. The van der Waals surface area contributed by atoms with Crippen LogP contribution < -0.4 is 10.1 Å². The molecule has 1 aromatic carbocycles. The molecule has 7 nitrogen and oxygen atoms in total. The van der Waals surface area contributed by atoms with Crippen LogP contribution in [0.5, 0.6) is 5.75 Å². The van der Waals surface area contributed by atoms with E-state index in [4.69, 9.17) is 25.6 Å². The lowest BCUT2D eigenvalue weighted by molar-refractivity contribution is 0.0601. The second-order valence-electron chi connectivity index (χ2n) is 7.15. The first kappa shape index (κ1) is 21.4. The van der Waals surface area contributed by atoms with Gasteiger partial charge in [-0.05, 0) is 50.3 Å². The van der Waals surface area contributed by atoms with Crippen LogP contribution in [0.1, 0.15) is 55.5 Å². The number of benzene rings is 1. The maximum absolute atomic E-state index is 13.0. The molecule has 3 aromatic rings. The molecule has 1 aliphatic carbocycles. The van der Waals surface area contributed by atoms with Crippen molar-refractivity contribution in [2.75, 3.05) is 12.4 Å². The number of rotatable bonds is 6. The summed E-state index contributed by atoms with van der Waals surface area (Å²) in [6.07, 6.45) is 3.76. The number of carbonyl (C=O) groups is 2. The van der Waals surface area contributed by atoms with Gasteiger partial charge in [-0.2, -0.15) is 0 Å². The zero-order valence-electron chi connectivity index (χ0n) is 17.1. The van der Waals surface area contributed by atoms with Gasteiger partial charge in [-0.3, -0.25) is 4.79 Å². The van der Waals surface area contributed by atoms with Gasteiger partial charge in [0, 0.05) is 4.88 Å². The number of hydrogen-bond donors (Lipinski definition) is 1. The zero-order chi connectivity index (χ0) is 22.0. The molecule has 162 valence electrons. The monoisotopic (exact) mass is 460 g/mol. The summed E-state index contributed by atoms with van der Waals surface area (Å²) in [5, 5.41) is 7.69. The summed E-state index contributed by atoms with van der Waals surface area (Å²) in [6, 6.07) is 7.07. The van der Waals surface area contributed by atoms with E-state index in [-0.39, 0.29) is 12.3 Å². The van der Waals surface area contributed by atoms with Gasteiger partial charge in [-0.1, -0.05) is 28.9 Å². The lowest BCUT2D eigenvalue weighted by Crippen LogP contribution is -2.17. The van der Waals surface area contributed by atoms with E-state index in [9.17, 15) is 9.59 Å². The highest BCUT2D eigenvalue weighted by molar-refractivity contribution is 7.17. The Morgan fingerprint density at radius 3 is 2.81 bits per heavy atom. The van der Waals surface area contributed by atoms with E-state index in [2.05, 4.69) is 10.5 Å². The summed E-state index contributed by atoms with van der Waals surface area (Å²) in [6.45, 7) is 1.77. The van der Waals surface area contributed by atoms with Gasteiger partial charge in [0.05, 0.1) is 23.3 Å². The topological polar surface area (TPSA) is 90.7 Å². The molecule has 0 radical (unpaired) electrons. The fourth-order valence-corrected chi connectivity index (χ4v) is 5.05. The number of aryl methyl sites for hydroxylation is 2. The first-order valence-corrected chi connectivity index (χ1v) is 11.1. The molecule has 0 saturated heterocycles. The predicted molar refractivity (Wildman–Crippen MR) is 117 cm³/mol. The van der Waals surface area contributed by atoms with Gasteiger partial charge in [-0.25, -0.2) is 4.79 Å². The van der Waals surface area contributed by atoms with Gasteiger partial charge in [0.15, 0.2) is 5.69 Å². The number of aromatic nitrogens is 1. The number of fused-ring (bicyclic) bond motifs is 1. The average molecular weight is 461 g/mol. The van der Waals surface area contributed by atoms with Gasteiger partial charge in [-0.15, -0.1) is 11.3 Å². The van der Waals surface area contributed by atoms with Crippen LogP contribution in [0.15, 0.2) is 28.8 Å². The first-order chi connectivity index (χ1) is 15.0. The fraction of sp³-hybridized carbons (Fsp3) is 0.318. The molecule has 1 N–H and O–H groups in total. The zero-order valence-corrected chi connectivity index (χ0v) is 18.7. The van der Waals surface area contributed by atoms with E-state index < -0.39 is 11.9 Å². The molecule has 31 heavy (non-hydrogen) atoms. The molecule has 0 aliphatic heterocycles. The minimum atomic E-state index is -0.474. The van der Waals surface area contributed by atoms with E-state index in [1.807, 2.05) is 6.07 Å². The van der Waals surface area contributed by atoms with Crippen molar-refractivity contribution in [2.45, 2.75) is 39.2 Å². The van der Waals surface area contributed by atoms with Gasteiger partial charge in [0.1, 0.15) is 23.1 Å². The molecule has 1 amide bonds. The highest BCUT2D eigenvalue weighted by Gasteiger charge is 2.29. The van der Waals surface area contributed by atoms with Crippen LogP contribution in [0.4, 0.5) is 5.00 Å². The van der Waals surface area contributed by atoms with E-state index >= 15 is 0 Å². The number of halogens is 1. The second-order valence-corrected chi connectivity index (χ2v) is 8.66. The highest BCUT2D eigenvalue weighted by Crippen LogP contribution is 2.39. The predicted octanol–water partition coefficient (Wildman–Crippen LogP) is 5.19. The number of anilines is 1. The van der Waals surface area contributed by atoms with E-state index in [1.54, 1.807) is 25.1 Å². The molecule has 0 bridgehead atoms. The van der Waals surface area contributed by atoms with Crippen molar-refractivity contribution in [1.29, 1.82) is 0 Å². The molecule has 0 fully saturated rings. The number of esters is 1. The van der Waals surface area contributed by atoms with Crippen LogP contribution in [0.3, 0.4) is 0 Å². The molecule has 1 aliphatic rings. The van der Waals surface area contributed by atoms with E-state index in [0.29, 0.717) is 32.7 Å². The van der Waals surface area contributed by atoms with Gasteiger partial charge in [0.25, 0.3) is 5.91 Å². The molecule has 2 heterocycles. The van der Waals surface area contributed by atoms with Crippen molar-refractivity contribution < 1.29 is 23.6 Å². The number of thiophene rings is 1. The maximum atomic E-state index is 13.0. The number of methoxy groups -OCH3 is 1. The molecule has 0 saturated carbocycles. The van der Waals surface area contributed by atoms with E-state index in [1.165, 1.54) is 18.4 Å². The first-order valence-electron chi connectivity index (χ1n) is 9.86. The van der Waals surface area contributed by atoms with Crippen LogP contribution in [-0.2, 0) is 24.2 Å². The van der Waals surface area contributed by atoms with Crippen molar-refractivity contribution in [3.8, 4) is 5.75 Å². The van der Waals surface area contributed by atoms with E-state index in [0.717, 1.165) is 36.1 Å². The Bertz CT molecular complexity index is 1140. The highest BCUT2D eigenvalue weighted by atomic mass is 35.5. The summed E-state index contributed by atoms with van der Waals surface area (Å²) in [7, 11) is 1.34. The Hall–Kier alpha value is -2.84. The third kappa shape index (κ3) is 4.31. The standard InChI is InChI=1S/C22H21ClN2O5S/c1-12-14(11-29-16-9-5-4-8-15(16)23)19(25-30-12)20(26)24-21-18(22(27)28-2)13-7-3-6-10-17(13)31-21/h4-5,8-9H,3,6-7,10-11H2,1-2H3,(H,24,26). The van der Waals surface area contributed by atoms with Gasteiger partial charge < -0.3 is 19.3 Å². The SMILES string of the molecule is COC(=O)c1c(NC(=O)c2noc(C)c2COc2ccccc2Cl)sc2c1CCCC2. The Morgan fingerprint density at radius 1 is 1.26 bits per heavy atom. The summed E-state index contributed by atoms with van der Waals surface area (Å²) in [4.78, 5) is 26.6. The number of carbonyl (C=O) groups excluding carboxylic acids is 2. The lowest BCUT2D eigenvalue weighted by atomic mass is 9.95. The quantitative estimate of drug-likeness (QED) is 0.509. The summed E-state index contributed by atoms with van der Waals surface area (Å²) >= 11 is 7.55. The van der Waals surface area contributed by atoms with Gasteiger partial charge >= 0.3 is 5.97 Å². The second kappa shape index (κ2) is 9.11. The summed E-state index contributed by atoms with van der Waals surface area (Å²) in [5.41, 5.74) is 2.02. The van der Waals surface area contributed by atoms with Crippen LogP contribution in [0.25, 0.3) is 0 Å². The van der Waals surface area contributed by atoms with Crippen molar-refractivity contribution in [3.05, 3.63) is 62.3 Å². The number of nitrogens with one attached hydrogen (secondary N) is 1. The van der Waals surface area contributed by atoms with Crippen molar-refractivity contribution >= 4 is 39.8 Å². The number of para-hydroxylation sites is 1. The molecule has 0 atom stereocenters. The molecule has 2 aromatic heterocycles. The normalized spacial score (nSPS) is 12.9. The minimum Gasteiger partial charge on any atom is -0.487 e. The van der Waals surface area contributed by atoms with Crippen LogP contribution >= 0.6 is 22.9 Å². The third-order valence-corrected chi connectivity index (χ3v) is 6.72.